The van der Waals surface area contributed by atoms with E-state index in [2.05, 4.69) is 25.3 Å². The quantitative estimate of drug-likeness (QED) is 0.526. The summed E-state index contributed by atoms with van der Waals surface area (Å²) in [5.41, 5.74) is 3.24. The number of nitrogens with one attached hydrogen (secondary N) is 2. The molecular formula is C24H30F3N5O4. The van der Waals surface area contributed by atoms with Crippen molar-refractivity contribution < 1.29 is 32.5 Å². The van der Waals surface area contributed by atoms with E-state index in [1.165, 1.54) is 4.90 Å². The molecule has 1 aromatic carbocycles. The van der Waals surface area contributed by atoms with Gasteiger partial charge < -0.3 is 30.3 Å². The molecule has 4 rings (SSSR count). The molecule has 2 aliphatic rings. The number of nitrogens with zero attached hydrogens (tertiary/aromatic N) is 3. The van der Waals surface area contributed by atoms with Gasteiger partial charge >= 0.3 is 12.4 Å². The monoisotopic (exact) mass is 509 g/mol. The van der Waals surface area contributed by atoms with Crippen LogP contribution in [0.3, 0.4) is 0 Å². The van der Waals surface area contributed by atoms with Gasteiger partial charge in [0.1, 0.15) is 11.6 Å². The van der Waals surface area contributed by atoms with Crippen LogP contribution in [0, 0.1) is 6.92 Å². The van der Waals surface area contributed by atoms with E-state index in [0.717, 1.165) is 22.5 Å². The van der Waals surface area contributed by atoms with Gasteiger partial charge in [-0.15, -0.1) is 13.2 Å². The van der Waals surface area contributed by atoms with E-state index in [1.807, 2.05) is 31.2 Å². The second-order valence-electron chi connectivity index (χ2n) is 8.73. The van der Waals surface area contributed by atoms with E-state index in [9.17, 15) is 23.1 Å². The Bertz CT molecular complexity index is 1060. The van der Waals surface area contributed by atoms with Gasteiger partial charge in [-0.05, 0) is 54.3 Å². The summed E-state index contributed by atoms with van der Waals surface area (Å²) in [5.74, 6) is 1.39. The highest BCUT2D eigenvalue weighted by Crippen LogP contribution is 2.32. The predicted molar refractivity (Wildman–Crippen MR) is 129 cm³/mol. The fraction of sp³-hybridized carbons (Fsp3) is 0.500. The van der Waals surface area contributed by atoms with Crippen molar-refractivity contribution in [3.8, 4) is 11.1 Å². The Morgan fingerprint density at radius 3 is 2.72 bits per heavy atom. The Labute approximate surface area is 207 Å². The molecule has 2 aromatic rings. The summed E-state index contributed by atoms with van der Waals surface area (Å²) in [5, 5.41) is 15.1. The summed E-state index contributed by atoms with van der Waals surface area (Å²) in [6.45, 7) is 4.95. The molecule has 1 atom stereocenters. The van der Waals surface area contributed by atoms with Crippen molar-refractivity contribution in [2.75, 3.05) is 68.1 Å². The Hall–Kier alpha value is -3.09. The Morgan fingerprint density at radius 2 is 2.00 bits per heavy atom. The first-order valence-electron chi connectivity index (χ1n) is 11.8. The van der Waals surface area contributed by atoms with Crippen LogP contribution < -0.4 is 15.5 Å². The van der Waals surface area contributed by atoms with E-state index in [0.29, 0.717) is 44.4 Å². The van der Waals surface area contributed by atoms with Gasteiger partial charge in [0.05, 0.1) is 25.9 Å². The summed E-state index contributed by atoms with van der Waals surface area (Å²) in [6, 6.07) is 8.84. The number of aliphatic hydroxyl groups excluding tert-OH is 1. The molecule has 3 heterocycles. The molecule has 2 saturated heterocycles. The number of aryl methyl sites for hydroxylation is 1. The van der Waals surface area contributed by atoms with Gasteiger partial charge in [0.15, 0.2) is 0 Å². The van der Waals surface area contributed by atoms with Gasteiger partial charge in [-0.3, -0.25) is 4.74 Å². The molecule has 1 unspecified atom stereocenters. The number of pyridine rings is 1. The summed E-state index contributed by atoms with van der Waals surface area (Å²) in [4.78, 5) is 20.8. The SMILES string of the molecule is Cc1ccc(NC(=O)N2CCC(OC(F)(F)F)C2)cc1-c1cc(NCCO)nc(N2CCOCC2)c1. The summed E-state index contributed by atoms with van der Waals surface area (Å²) in [6.07, 6.45) is -5.67. The van der Waals surface area contributed by atoms with Crippen LogP contribution in [-0.4, -0.2) is 86.0 Å². The Balaban J connectivity index is 1.53. The van der Waals surface area contributed by atoms with Crippen LogP contribution in [0.15, 0.2) is 30.3 Å². The number of alkyl halides is 3. The number of hydrogen-bond donors (Lipinski definition) is 3. The molecule has 0 saturated carbocycles. The highest BCUT2D eigenvalue weighted by molar-refractivity contribution is 5.91. The first kappa shape index (κ1) is 26.0. The fourth-order valence-electron chi connectivity index (χ4n) is 4.31. The standard InChI is InChI=1S/C24H30F3N5O4/c1-16-2-3-18(29-23(34)32-6-4-19(15-32)36-24(25,26)27)14-20(16)17-12-21(28-5-9-33)30-22(13-17)31-7-10-35-11-8-31/h2-3,12-14,19,33H,4-11,15H2,1H3,(H,28,30)(H,29,34). The second kappa shape index (κ2) is 11.3. The van der Waals surface area contributed by atoms with Gasteiger partial charge in [0, 0.05) is 38.4 Å². The van der Waals surface area contributed by atoms with Crippen LogP contribution in [0.4, 0.5) is 35.3 Å². The van der Waals surface area contributed by atoms with Gasteiger partial charge in [-0.25, -0.2) is 9.78 Å². The highest BCUT2D eigenvalue weighted by Gasteiger charge is 2.37. The lowest BCUT2D eigenvalue weighted by molar-refractivity contribution is -0.340. The molecule has 2 aliphatic heterocycles. The minimum Gasteiger partial charge on any atom is -0.395 e. The maximum Gasteiger partial charge on any atom is 0.522 e. The normalized spacial score (nSPS) is 18.4. The van der Waals surface area contributed by atoms with Gasteiger partial charge in [0.25, 0.3) is 0 Å². The number of benzene rings is 1. The lowest BCUT2D eigenvalue weighted by Gasteiger charge is -2.28. The zero-order chi connectivity index (χ0) is 25.7. The average Bonchev–Trinajstić information content (AvgIpc) is 3.31. The number of rotatable bonds is 7. The van der Waals surface area contributed by atoms with Crippen LogP contribution in [0.25, 0.3) is 11.1 Å². The molecule has 2 fully saturated rings. The molecule has 0 aliphatic carbocycles. The van der Waals surface area contributed by atoms with E-state index in [-0.39, 0.29) is 26.1 Å². The maximum atomic E-state index is 12.7. The zero-order valence-electron chi connectivity index (χ0n) is 20.0. The van der Waals surface area contributed by atoms with Crippen LogP contribution >= 0.6 is 0 Å². The molecule has 0 bridgehead atoms. The number of carbonyl (C=O) groups is 1. The van der Waals surface area contributed by atoms with Crippen LogP contribution in [-0.2, 0) is 9.47 Å². The topological polar surface area (TPSA) is 99.2 Å². The Kier molecular flexibility index (Phi) is 8.17. The summed E-state index contributed by atoms with van der Waals surface area (Å²) < 4.78 is 47.0. The number of anilines is 3. The lowest BCUT2D eigenvalue weighted by atomic mass is 10.00. The van der Waals surface area contributed by atoms with Crippen molar-refractivity contribution >= 4 is 23.4 Å². The number of halogens is 3. The number of morpholine rings is 1. The van der Waals surface area contributed by atoms with Gasteiger partial charge in [-0.1, -0.05) is 6.07 Å². The Morgan fingerprint density at radius 1 is 1.22 bits per heavy atom. The number of ether oxygens (including phenoxy) is 2. The number of aromatic nitrogens is 1. The number of urea groups is 1. The molecule has 12 heteroatoms. The minimum absolute atomic E-state index is 0.0370. The van der Waals surface area contributed by atoms with Gasteiger partial charge in [0.2, 0.25) is 0 Å². The number of aliphatic hydroxyl groups is 1. The van der Waals surface area contributed by atoms with Crippen LogP contribution in [0.2, 0.25) is 0 Å². The third-order valence-corrected chi connectivity index (χ3v) is 6.10. The van der Waals surface area contributed by atoms with Crippen molar-refractivity contribution in [2.45, 2.75) is 25.8 Å². The van der Waals surface area contributed by atoms with Gasteiger partial charge in [-0.2, -0.15) is 0 Å². The third kappa shape index (κ3) is 6.77. The number of amides is 2. The van der Waals surface area contributed by atoms with Crippen molar-refractivity contribution in [1.82, 2.24) is 9.88 Å². The molecule has 0 radical (unpaired) electrons. The van der Waals surface area contributed by atoms with Crippen molar-refractivity contribution in [3.05, 3.63) is 35.9 Å². The predicted octanol–water partition coefficient (Wildman–Crippen LogP) is 3.44. The maximum absolute atomic E-state index is 12.7. The van der Waals surface area contributed by atoms with Crippen molar-refractivity contribution in [2.24, 2.45) is 0 Å². The molecule has 3 N–H and O–H groups in total. The molecular weight excluding hydrogens is 479 g/mol. The smallest absolute Gasteiger partial charge is 0.395 e. The third-order valence-electron chi connectivity index (χ3n) is 6.10. The summed E-state index contributed by atoms with van der Waals surface area (Å²) >= 11 is 0. The molecule has 0 spiro atoms. The molecule has 2 amide bonds. The molecule has 36 heavy (non-hydrogen) atoms. The lowest BCUT2D eigenvalue weighted by Crippen LogP contribution is -2.36. The van der Waals surface area contributed by atoms with Crippen LogP contribution in [0.1, 0.15) is 12.0 Å². The number of carbonyl (C=O) groups excluding carboxylic acids is 1. The van der Waals surface area contributed by atoms with E-state index in [4.69, 9.17) is 4.74 Å². The molecule has 196 valence electrons. The van der Waals surface area contributed by atoms with Crippen molar-refractivity contribution in [1.29, 1.82) is 0 Å². The molecule has 9 nitrogen and oxygen atoms in total. The highest BCUT2D eigenvalue weighted by atomic mass is 19.4. The average molecular weight is 510 g/mol. The summed E-state index contributed by atoms with van der Waals surface area (Å²) in [7, 11) is 0. The minimum atomic E-state index is -4.72. The number of likely N-dealkylation sites (tertiary alicyclic amines) is 1. The second-order valence-corrected chi connectivity index (χ2v) is 8.73. The molecule has 1 aromatic heterocycles. The van der Waals surface area contributed by atoms with E-state index in [1.54, 1.807) is 6.07 Å². The first-order valence-corrected chi connectivity index (χ1v) is 11.8. The van der Waals surface area contributed by atoms with Crippen molar-refractivity contribution in [3.63, 3.8) is 0 Å². The van der Waals surface area contributed by atoms with E-state index >= 15 is 0 Å². The van der Waals surface area contributed by atoms with E-state index < -0.39 is 18.5 Å². The number of hydrogen-bond acceptors (Lipinski definition) is 7. The van der Waals surface area contributed by atoms with Crippen LogP contribution in [0.5, 0.6) is 0 Å². The zero-order valence-corrected chi connectivity index (χ0v) is 20.0. The largest absolute Gasteiger partial charge is 0.522 e. The first-order chi connectivity index (χ1) is 17.2. The fourth-order valence-corrected chi connectivity index (χ4v) is 4.31.